The van der Waals surface area contributed by atoms with E-state index in [0.29, 0.717) is 38.5 Å². The zero-order valence-corrected chi connectivity index (χ0v) is 19.0. The maximum Gasteiger partial charge on any atom is 0.293 e. The molecule has 0 radical (unpaired) electrons. The number of aryl methyl sites for hydroxylation is 1. The Kier molecular flexibility index (Phi) is 9.45. The lowest BCUT2D eigenvalue weighted by atomic mass is 10.3. The van der Waals surface area contributed by atoms with Crippen molar-refractivity contribution in [1.29, 1.82) is 0 Å². The third kappa shape index (κ3) is 7.25. The highest BCUT2D eigenvalue weighted by Crippen LogP contribution is 2.08. The zero-order chi connectivity index (χ0) is 19.2. The molecule has 1 aromatic heterocycles. The summed E-state index contributed by atoms with van der Waals surface area (Å²) in [7, 11) is -1.49. The highest BCUT2D eigenvalue weighted by Gasteiger charge is 2.22. The molecule has 0 bridgehead atoms. The molecule has 1 aliphatic rings. The molecule has 0 aliphatic carbocycles. The molecular weight excluding hydrogens is 485 g/mol. The van der Waals surface area contributed by atoms with Crippen molar-refractivity contribution in [1.82, 2.24) is 24.5 Å². The van der Waals surface area contributed by atoms with E-state index in [2.05, 4.69) is 24.9 Å². The Hall–Kier alpha value is -1.41. The lowest BCUT2D eigenvalue weighted by Crippen LogP contribution is -2.53. The lowest BCUT2D eigenvalue weighted by Gasteiger charge is -2.36. The van der Waals surface area contributed by atoms with Gasteiger partial charge in [0.25, 0.3) is 5.56 Å². The van der Waals surface area contributed by atoms with Crippen molar-refractivity contribution in [3.05, 3.63) is 22.7 Å². The van der Waals surface area contributed by atoms with Crippen LogP contribution in [0.25, 0.3) is 0 Å². The Labute approximate surface area is 177 Å². The van der Waals surface area contributed by atoms with E-state index >= 15 is 0 Å². The molecule has 12 heteroatoms. The first kappa shape index (κ1) is 23.6. The molecule has 1 saturated heterocycles. The molecule has 0 saturated carbocycles. The minimum Gasteiger partial charge on any atom is -0.357 e. The van der Waals surface area contributed by atoms with Gasteiger partial charge >= 0.3 is 0 Å². The summed E-state index contributed by atoms with van der Waals surface area (Å²) in [5, 5.41) is 3.22. The van der Waals surface area contributed by atoms with E-state index in [0.717, 1.165) is 18.8 Å². The molecule has 0 atom stereocenters. The average molecular weight is 513 g/mol. The quantitative estimate of drug-likeness (QED) is 0.218. The van der Waals surface area contributed by atoms with Crippen molar-refractivity contribution < 1.29 is 8.42 Å². The second-order valence-electron chi connectivity index (χ2n) is 6.04. The Morgan fingerprint density at radius 3 is 2.56 bits per heavy atom. The SMILES string of the molecule is CCNC(=NCCNS(C)(=O)=O)N1CCN(c2nccn(C)c2=O)CC1.I. The molecule has 2 heterocycles. The predicted molar refractivity (Wildman–Crippen MR) is 118 cm³/mol. The average Bonchev–Trinajstić information content (AvgIpc) is 2.59. The van der Waals surface area contributed by atoms with Gasteiger partial charge in [0.2, 0.25) is 10.0 Å². The first-order chi connectivity index (χ1) is 12.3. The van der Waals surface area contributed by atoms with E-state index in [1.54, 1.807) is 19.4 Å². The molecule has 154 valence electrons. The monoisotopic (exact) mass is 513 g/mol. The standard InChI is InChI=1S/C15H27N7O3S.HI/c1-4-16-15(18-5-6-19-26(3,24)25)22-11-9-21(10-12-22)13-14(23)20(2)8-7-17-13;/h7-8,19H,4-6,9-12H2,1-3H3,(H,16,18);1H. The van der Waals surface area contributed by atoms with Gasteiger partial charge in [-0.15, -0.1) is 24.0 Å². The number of nitrogens with one attached hydrogen (secondary N) is 2. The summed E-state index contributed by atoms with van der Waals surface area (Å²) in [4.78, 5) is 25.0. The van der Waals surface area contributed by atoms with Crippen LogP contribution in [0.3, 0.4) is 0 Å². The Balaban J connectivity index is 0.00000364. The highest BCUT2D eigenvalue weighted by atomic mass is 127. The summed E-state index contributed by atoms with van der Waals surface area (Å²) >= 11 is 0. The van der Waals surface area contributed by atoms with Gasteiger partial charge in [0.1, 0.15) is 0 Å². The van der Waals surface area contributed by atoms with Crippen LogP contribution in [0.5, 0.6) is 0 Å². The minimum absolute atomic E-state index is 0. The molecule has 1 aliphatic heterocycles. The zero-order valence-electron chi connectivity index (χ0n) is 15.9. The molecule has 0 amide bonds. The van der Waals surface area contributed by atoms with E-state index in [1.807, 2.05) is 11.8 Å². The van der Waals surface area contributed by atoms with E-state index in [1.165, 1.54) is 4.57 Å². The number of piperazine rings is 1. The van der Waals surface area contributed by atoms with E-state index in [9.17, 15) is 13.2 Å². The van der Waals surface area contributed by atoms with Gasteiger partial charge in [-0.2, -0.15) is 0 Å². The number of aliphatic imine (C=N–C) groups is 1. The smallest absolute Gasteiger partial charge is 0.293 e. The van der Waals surface area contributed by atoms with E-state index in [4.69, 9.17) is 0 Å². The largest absolute Gasteiger partial charge is 0.357 e. The lowest BCUT2D eigenvalue weighted by molar-refractivity contribution is 0.371. The second kappa shape index (κ2) is 10.8. The predicted octanol–water partition coefficient (Wildman–Crippen LogP) is -0.965. The van der Waals surface area contributed by atoms with Crippen LogP contribution in [0.2, 0.25) is 0 Å². The fourth-order valence-electron chi connectivity index (χ4n) is 2.65. The van der Waals surface area contributed by atoms with Crippen LogP contribution >= 0.6 is 24.0 Å². The van der Waals surface area contributed by atoms with Gasteiger partial charge < -0.3 is 19.7 Å². The Morgan fingerprint density at radius 2 is 1.96 bits per heavy atom. The minimum atomic E-state index is -3.20. The number of nitrogens with zero attached hydrogens (tertiary/aromatic N) is 5. The first-order valence-corrected chi connectivity index (χ1v) is 10.5. The highest BCUT2D eigenvalue weighted by molar-refractivity contribution is 14.0. The third-order valence-corrected chi connectivity index (χ3v) is 4.68. The Morgan fingerprint density at radius 1 is 1.30 bits per heavy atom. The fraction of sp³-hybridized carbons (Fsp3) is 0.667. The molecule has 0 unspecified atom stereocenters. The number of anilines is 1. The second-order valence-corrected chi connectivity index (χ2v) is 7.88. The van der Waals surface area contributed by atoms with Gasteiger partial charge in [0, 0.05) is 58.7 Å². The van der Waals surface area contributed by atoms with Gasteiger partial charge in [-0.05, 0) is 6.92 Å². The number of guanidine groups is 1. The summed E-state index contributed by atoms with van der Waals surface area (Å²) in [5.41, 5.74) is -0.103. The summed E-state index contributed by atoms with van der Waals surface area (Å²) in [5.74, 6) is 1.21. The molecule has 27 heavy (non-hydrogen) atoms. The molecule has 2 N–H and O–H groups in total. The van der Waals surface area contributed by atoms with Crippen LogP contribution in [0.4, 0.5) is 5.82 Å². The van der Waals surface area contributed by atoms with Crippen molar-refractivity contribution >= 4 is 45.8 Å². The number of halogens is 1. The van der Waals surface area contributed by atoms with Crippen LogP contribution in [-0.4, -0.2) is 80.9 Å². The first-order valence-electron chi connectivity index (χ1n) is 8.56. The van der Waals surface area contributed by atoms with Crippen LogP contribution in [0.1, 0.15) is 6.92 Å². The van der Waals surface area contributed by atoms with Gasteiger partial charge in [-0.25, -0.2) is 18.1 Å². The van der Waals surface area contributed by atoms with Crippen LogP contribution < -0.4 is 20.5 Å². The van der Waals surface area contributed by atoms with E-state index < -0.39 is 10.0 Å². The van der Waals surface area contributed by atoms with Crippen LogP contribution in [0.15, 0.2) is 22.2 Å². The Bertz CT molecular complexity index is 789. The number of hydrogen-bond acceptors (Lipinski definition) is 6. The van der Waals surface area contributed by atoms with Gasteiger partial charge in [-0.3, -0.25) is 9.79 Å². The fourth-order valence-corrected chi connectivity index (χ4v) is 3.11. The summed E-state index contributed by atoms with van der Waals surface area (Å²) in [6.45, 7) is 6.05. The molecule has 1 aromatic rings. The van der Waals surface area contributed by atoms with Crippen molar-refractivity contribution in [3.8, 4) is 0 Å². The summed E-state index contributed by atoms with van der Waals surface area (Å²) < 4.78 is 26.2. The number of sulfonamides is 1. The van der Waals surface area contributed by atoms with Crippen molar-refractivity contribution in [2.24, 2.45) is 12.0 Å². The topological polar surface area (TPSA) is 112 Å². The number of rotatable bonds is 6. The van der Waals surface area contributed by atoms with Crippen molar-refractivity contribution in [2.75, 3.05) is 57.0 Å². The molecule has 1 fully saturated rings. The van der Waals surface area contributed by atoms with Gasteiger partial charge in [0.05, 0.1) is 12.8 Å². The van der Waals surface area contributed by atoms with Crippen LogP contribution in [0, 0.1) is 0 Å². The molecule has 0 spiro atoms. The molecule has 2 rings (SSSR count). The molecular formula is C15H28IN7O3S. The van der Waals surface area contributed by atoms with Crippen LogP contribution in [-0.2, 0) is 17.1 Å². The molecule has 0 aromatic carbocycles. The summed E-state index contributed by atoms with van der Waals surface area (Å²) in [6, 6.07) is 0. The summed E-state index contributed by atoms with van der Waals surface area (Å²) in [6.07, 6.45) is 4.40. The molecule has 10 nitrogen and oxygen atoms in total. The van der Waals surface area contributed by atoms with Gasteiger partial charge in [0.15, 0.2) is 11.8 Å². The van der Waals surface area contributed by atoms with Crippen molar-refractivity contribution in [3.63, 3.8) is 0 Å². The third-order valence-electron chi connectivity index (χ3n) is 3.95. The van der Waals surface area contributed by atoms with Gasteiger partial charge in [-0.1, -0.05) is 0 Å². The number of aromatic nitrogens is 2. The van der Waals surface area contributed by atoms with Crippen molar-refractivity contribution in [2.45, 2.75) is 6.92 Å². The maximum absolute atomic E-state index is 12.2. The maximum atomic E-state index is 12.2. The normalized spacial score (nSPS) is 15.4. The van der Waals surface area contributed by atoms with E-state index in [-0.39, 0.29) is 36.1 Å². The number of hydrogen-bond donors (Lipinski definition) is 2.